The quantitative estimate of drug-likeness (QED) is 0.279. The van der Waals surface area contributed by atoms with Gasteiger partial charge in [0.25, 0.3) is 0 Å². The van der Waals surface area contributed by atoms with Crippen molar-refractivity contribution in [2.75, 3.05) is 0 Å². The Balaban J connectivity index is 0.000000153. The molecule has 0 unspecified atom stereocenters. The molecular weight excluding hydrogens is 426 g/mol. The Kier molecular flexibility index (Phi) is 5.59. The van der Waals surface area contributed by atoms with Crippen molar-refractivity contribution in [3.8, 4) is 0 Å². The third-order valence-corrected chi connectivity index (χ3v) is 5.87. The van der Waals surface area contributed by atoms with E-state index in [0.29, 0.717) is 41.7 Å². The molecule has 33 heavy (non-hydrogen) atoms. The van der Waals surface area contributed by atoms with E-state index in [1.54, 1.807) is 34.9 Å². The van der Waals surface area contributed by atoms with Crippen molar-refractivity contribution in [2.45, 2.75) is 39.8 Å². The summed E-state index contributed by atoms with van der Waals surface area (Å²) in [7, 11) is 0. The Morgan fingerprint density at radius 3 is 2.00 bits per heavy atom. The molecule has 0 bridgehead atoms. The topological polar surface area (TPSA) is 142 Å². The van der Waals surface area contributed by atoms with Crippen LogP contribution in [0.25, 0.3) is 22.1 Å². The maximum atomic E-state index is 12.0. The van der Waals surface area contributed by atoms with Crippen molar-refractivity contribution >= 4 is 39.3 Å². The van der Waals surface area contributed by atoms with Gasteiger partial charge in [-0.25, -0.2) is 9.59 Å². The maximum Gasteiger partial charge on any atom is 0.326 e. The zero-order valence-corrected chi connectivity index (χ0v) is 16.9. The number of aromatic nitrogens is 4. The normalized spacial score (nSPS) is 16.2. The van der Waals surface area contributed by atoms with Crippen molar-refractivity contribution in [2.24, 2.45) is 5.16 Å². The van der Waals surface area contributed by atoms with Crippen LogP contribution in [0.1, 0.15) is 47.4 Å². The number of Topliss-reactive ketones (excluding diaryl/α,β-unsaturated/α-hetero) is 2. The van der Waals surface area contributed by atoms with Gasteiger partial charge in [-0.15, -0.1) is 0 Å². The van der Waals surface area contributed by atoms with Gasteiger partial charge < -0.3 is 15.2 Å². The van der Waals surface area contributed by atoms with Crippen molar-refractivity contribution < 1.29 is 14.8 Å². The number of aromatic amines is 2. The number of oxime groups is 1. The molecule has 0 saturated heterocycles. The van der Waals surface area contributed by atoms with Gasteiger partial charge in [0.2, 0.25) is 5.78 Å². The van der Waals surface area contributed by atoms with E-state index >= 15 is 0 Å². The van der Waals surface area contributed by atoms with E-state index in [2.05, 4.69) is 15.1 Å². The van der Waals surface area contributed by atoms with Gasteiger partial charge in [0, 0.05) is 37.1 Å². The molecular formula is C23H23N5O5. The number of aryl methyl sites for hydroxylation is 2. The number of hydrogen-bond acceptors (Lipinski definition) is 6. The summed E-state index contributed by atoms with van der Waals surface area (Å²) in [5.41, 5.74) is 3.51. The molecule has 0 aliphatic carbocycles. The second-order valence-electron chi connectivity index (χ2n) is 7.72. The zero-order valence-electron chi connectivity index (χ0n) is 16.9. The molecule has 2 aromatic carbocycles. The highest BCUT2D eigenvalue weighted by Gasteiger charge is 2.24. The van der Waals surface area contributed by atoms with Crippen LogP contribution in [0.2, 0.25) is 0 Å². The lowest BCUT2D eigenvalue weighted by Gasteiger charge is -1.99. The highest BCUT2D eigenvalue weighted by molar-refractivity contribution is 6.47. The minimum atomic E-state index is -0.330. The van der Waals surface area contributed by atoms with Crippen molar-refractivity contribution in [3.63, 3.8) is 0 Å². The van der Waals surface area contributed by atoms with Crippen LogP contribution in [-0.4, -0.2) is 41.6 Å². The van der Waals surface area contributed by atoms with E-state index in [1.807, 2.05) is 6.07 Å². The lowest BCUT2D eigenvalue weighted by atomic mass is 10.1. The molecule has 4 heterocycles. The third kappa shape index (κ3) is 3.49. The van der Waals surface area contributed by atoms with Crippen molar-refractivity contribution in [3.05, 3.63) is 68.5 Å². The number of H-pyrrole nitrogens is 2. The summed E-state index contributed by atoms with van der Waals surface area (Å²) in [6.45, 7) is 0.961. The summed E-state index contributed by atoms with van der Waals surface area (Å²) in [4.78, 5) is 52.6. The van der Waals surface area contributed by atoms with E-state index in [9.17, 15) is 19.2 Å². The molecule has 6 rings (SSSR count). The molecule has 3 N–H and O–H groups in total. The second-order valence-corrected chi connectivity index (χ2v) is 7.72. The molecule has 4 aromatic rings. The van der Waals surface area contributed by atoms with Crippen LogP contribution in [0.5, 0.6) is 0 Å². The summed E-state index contributed by atoms with van der Waals surface area (Å²) in [6.07, 6.45) is 1.51. The largest absolute Gasteiger partial charge is 0.411 e. The first-order chi connectivity index (χ1) is 15.5. The first kappa shape index (κ1) is 22.0. The van der Waals surface area contributed by atoms with Crippen LogP contribution in [-0.2, 0) is 13.1 Å². The minimum Gasteiger partial charge on any atom is -0.411 e. The smallest absolute Gasteiger partial charge is 0.326 e. The Hall–Kier alpha value is -4.21. The average molecular weight is 449 g/mol. The first-order valence-electron chi connectivity index (χ1n) is 10.2. The summed E-state index contributed by atoms with van der Waals surface area (Å²) in [6, 6.07) is 10.5. The van der Waals surface area contributed by atoms with E-state index in [-0.39, 0.29) is 42.5 Å². The number of imidazole rings is 2. The standard InChI is InChI=1S/C11H9N3O3.C11H10N2O2.CH4/c15-10-6-2-1-3-7-9(6)14(11(16)12-7)5-4-8(10)13-17;14-9-5-2-6-13-10-7(9)3-1-4-8(10)12-11(13)15;/h1-3,17H,4-5H2,(H,12,16);1,3-4H,2,5-6H2,(H,12,15);1H4/b13-8-;;. The number of hydrogen-bond donors (Lipinski definition) is 3. The third-order valence-electron chi connectivity index (χ3n) is 5.87. The molecule has 10 heteroatoms. The summed E-state index contributed by atoms with van der Waals surface area (Å²) >= 11 is 0. The summed E-state index contributed by atoms with van der Waals surface area (Å²) < 4.78 is 3.16. The monoisotopic (exact) mass is 449 g/mol. The van der Waals surface area contributed by atoms with Crippen LogP contribution in [0.4, 0.5) is 0 Å². The van der Waals surface area contributed by atoms with Gasteiger partial charge in [0.15, 0.2) is 5.78 Å². The second kappa shape index (κ2) is 8.38. The number of benzene rings is 2. The van der Waals surface area contributed by atoms with Gasteiger partial charge in [0.05, 0.1) is 22.1 Å². The minimum absolute atomic E-state index is 0. The predicted molar refractivity (Wildman–Crippen MR) is 124 cm³/mol. The van der Waals surface area contributed by atoms with E-state index in [1.165, 1.54) is 4.57 Å². The van der Waals surface area contributed by atoms with Crippen LogP contribution >= 0.6 is 0 Å². The van der Waals surface area contributed by atoms with E-state index in [0.717, 1.165) is 17.5 Å². The first-order valence-corrected chi connectivity index (χ1v) is 10.2. The molecule has 0 amide bonds. The highest BCUT2D eigenvalue weighted by atomic mass is 16.4. The highest BCUT2D eigenvalue weighted by Crippen LogP contribution is 2.22. The van der Waals surface area contributed by atoms with E-state index < -0.39 is 0 Å². The fourth-order valence-corrected chi connectivity index (χ4v) is 4.39. The number of rotatable bonds is 0. The number of para-hydroxylation sites is 2. The Morgan fingerprint density at radius 2 is 1.36 bits per heavy atom. The number of carbonyl (C=O) groups is 2. The molecule has 170 valence electrons. The number of ketones is 2. The molecule has 2 aromatic heterocycles. The molecule has 10 nitrogen and oxygen atoms in total. The zero-order chi connectivity index (χ0) is 22.4. The lowest BCUT2D eigenvalue weighted by Crippen LogP contribution is -2.18. The number of nitrogens with one attached hydrogen (secondary N) is 2. The Labute approximate surface area is 187 Å². The molecule has 0 spiro atoms. The Bertz CT molecular complexity index is 1550. The lowest BCUT2D eigenvalue weighted by molar-refractivity contribution is 0.0982. The SMILES string of the molecule is C.O=C1/C(=N\O)CCn2c(=O)[nH]c3cccc1c32.O=C1CCCn2c(=O)[nH]c3cccc1c32. The molecule has 0 fully saturated rings. The van der Waals surface area contributed by atoms with E-state index in [4.69, 9.17) is 5.21 Å². The van der Waals surface area contributed by atoms with Gasteiger partial charge in [-0.1, -0.05) is 24.7 Å². The maximum absolute atomic E-state index is 12.0. The van der Waals surface area contributed by atoms with Crippen LogP contribution < -0.4 is 11.4 Å². The molecule has 2 aliphatic rings. The summed E-state index contributed by atoms with van der Waals surface area (Å²) in [5, 5.41) is 11.8. The van der Waals surface area contributed by atoms with Crippen LogP contribution in [0, 0.1) is 0 Å². The van der Waals surface area contributed by atoms with Crippen molar-refractivity contribution in [1.82, 2.24) is 19.1 Å². The molecule has 2 aliphatic heterocycles. The van der Waals surface area contributed by atoms with Crippen LogP contribution in [0.15, 0.2) is 51.1 Å². The van der Waals surface area contributed by atoms with Gasteiger partial charge in [0.1, 0.15) is 5.71 Å². The Morgan fingerprint density at radius 1 is 0.788 bits per heavy atom. The summed E-state index contributed by atoms with van der Waals surface area (Å²) in [5.74, 6) is -0.200. The van der Waals surface area contributed by atoms with Gasteiger partial charge in [-0.3, -0.25) is 18.7 Å². The van der Waals surface area contributed by atoms with Gasteiger partial charge in [-0.2, -0.15) is 0 Å². The molecule has 0 atom stereocenters. The fraction of sp³-hybridized carbons (Fsp3) is 0.261. The predicted octanol–water partition coefficient (Wildman–Crippen LogP) is 2.69. The average Bonchev–Trinajstić information content (AvgIpc) is 3.15. The van der Waals surface area contributed by atoms with Gasteiger partial charge in [-0.05, 0) is 30.7 Å². The van der Waals surface area contributed by atoms with Crippen molar-refractivity contribution in [1.29, 1.82) is 0 Å². The van der Waals surface area contributed by atoms with Gasteiger partial charge >= 0.3 is 11.4 Å². The number of carbonyl (C=O) groups excluding carboxylic acids is 2. The molecule has 0 radical (unpaired) electrons. The fourth-order valence-electron chi connectivity index (χ4n) is 4.39. The number of nitrogens with zero attached hydrogens (tertiary/aromatic N) is 3. The molecule has 0 saturated carbocycles. The van der Waals surface area contributed by atoms with Crippen LogP contribution in [0.3, 0.4) is 0 Å².